The van der Waals surface area contributed by atoms with Crippen molar-refractivity contribution in [3.8, 4) is 0 Å². The molecule has 1 N–H and O–H groups in total. The van der Waals surface area contributed by atoms with Crippen molar-refractivity contribution in [2.24, 2.45) is 0 Å². The lowest BCUT2D eigenvalue weighted by atomic mass is 10.0. The van der Waals surface area contributed by atoms with Crippen LogP contribution in [0.25, 0.3) is 6.08 Å². The Balaban J connectivity index is 1.46. The molecule has 0 bridgehead atoms. The fourth-order valence-corrected chi connectivity index (χ4v) is 4.58. The fourth-order valence-electron chi connectivity index (χ4n) is 3.60. The minimum absolute atomic E-state index is 0.122. The van der Waals surface area contributed by atoms with Crippen molar-refractivity contribution in [3.05, 3.63) is 69.0 Å². The Morgan fingerprint density at radius 3 is 2.70 bits per heavy atom. The van der Waals surface area contributed by atoms with Crippen LogP contribution in [0.2, 0.25) is 0 Å². The van der Waals surface area contributed by atoms with Crippen molar-refractivity contribution < 1.29 is 9.59 Å². The number of nitrogens with zero attached hydrogens (tertiary/aromatic N) is 3. The lowest BCUT2D eigenvalue weighted by molar-refractivity contribution is -0.111. The average molecular weight is 421 g/mol. The molecule has 3 aromatic rings. The number of carbonyl (C=O) groups is 2. The number of fused-ring (bicyclic) bond motifs is 1. The molecule has 2 heterocycles. The molecule has 2 aromatic heterocycles. The summed E-state index contributed by atoms with van der Waals surface area (Å²) in [7, 11) is 0. The van der Waals surface area contributed by atoms with Crippen molar-refractivity contribution in [2.45, 2.75) is 46.6 Å². The number of benzene rings is 1. The van der Waals surface area contributed by atoms with Crippen molar-refractivity contribution in [3.63, 3.8) is 0 Å². The highest BCUT2D eigenvalue weighted by Crippen LogP contribution is 2.29. The number of amides is 1. The third-order valence-corrected chi connectivity index (χ3v) is 6.34. The Morgan fingerprint density at radius 1 is 1.20 bits per heavy atom. The summed E-state index contributed by atoms with van der Waals surface area (Å²) in [4.78, 5) is 29.4. The van der Waals surface area contributed by atoms with Crippen LogP contribution >= 0.6 is 11.3 Å². The van der Waals surface area contributed by atoms with Crippen molar-refractivity contribution in [1.29, 1.82) is 0 Å². The molecule has 0 fully saturated rings. The molecule has 0 saturated heterocycles. The molecule has 0 saturated carbocycles. The first kappa shape index (κ1) is 20.2. The van der Waals surface area contributed by atoms with E-state index in [1.54, 1.807) is 6.08 Å². The van der Waals surface area contributed by atoms with Gasteiger partial charge in [-0.25, -0.2) is 4.98 Å². The summed E-state index contributed by atoms with van der Waals surface area (Å²) in [5.41, 5.74) is 6.03. The molecule has 30 heavy (non-hydrogen) atoms. The molecule has 1 amide bonds. The normalized spacial score (nSPS) is 13.6. The molecule has 1 aromatic carbocycles. The van der Waals surface area contributed by atoms with Gasteiger partial charge in [-0.05, 0) is 45.3 Å². The van der Waals surface area contributed by atoms with Crippen LogP contribution in [0.15, 0.2) is 30.3 Å². The molecule has 6 nitrogen and oxygen atoms in total. The van der Waals surface area contributed by atoms with E-state index in [1.807, 2.05) is 18.5 Å². The zero-order valence-electron chi connectivity index (χ0n) is 17.4. The van der Waals surface area contributed by atoms with E-state index in [1.165, 1.54) is 28.5 Å². The van der Waals surface area contributed by atoms with E-state index in [0.717, 1.165) is 35.5 Å². The largest absolute Gasteiger partial charge is 0.298 e. The fraction of sp³-hybridized carbons (Fsp3) is 0.304. The van der Waals surface area contributed by atoms with E-state index >= 15 is 0 Å². The van der Waals surface area contributed by atoms with Crippen LogP contribution in [0.3, 0.4) is 0 Å². The number of aryl methyl sites for hydroxylation is 3. The lowest BCUT2D eigenvalue weighted by Gasteiger charge is -2.05. The minimum Gasteiger partial charge on any atom is -0.298 e. The molecule has 4 rings (SSSR count). The number of hydrogen-bond donors (Lipinski definition) is 1. The van der Waals surface area contributed by atoms with E-state index in [2.05, 4.69) is 46.6 Å². The number of hydrogen-bond acceptors (Lipinski definition) is 5. The Labute approximate surface area is 179 Å². The molecule has 7 heteroatoms. The van der Waals surface area contributed by atoms with Gasteiger partial charge in [0.05, 0.1) is 22.8 Å². The summed E-state index contributed by atoms with van der Waals surface area (Å²) >= 11 is 1.26. The van der Waals surface area contributed by atoms with Gasteiger partial charge in [0.15, 0.2) is 10.9 Å². The Kier molecular flexibility index (Phi) is 5.63. The number of Topliss-reactive ketones (excluding diaryl/α,β-unsaturated/α-hetero) is 1. The Bertz CT molecular complexity index is 1140. The standard InChI is InChI=1S/C23H24N4O2S/c1-14-7-9-17(10-8-14)13-27-16(3)18(15(2)26-27)11-12-21(29)25-23-24-19-5-4-6-20(28)22(19)30-23/h7-12H,4-6,13H2,1-3H3,(H,24,25,29)/b12-11+. The van der Waals surface area contributed by atoms with Crippen molar-refractivity contribution >= 4 is 34.2 Å². The third-order valence-electron chi connectivity index (χ3n) is 5.29. The number of rotatable bonds is 5. The van der Waals surface area contributed by atoms with Crippen molar-refractivity contribution in [1.82, 2.24) is 14.8 Å². The lowest BCUT2D eigenvalue weighted by Crippen LogP contribution is -2.08. The van der Waals surface area contributed by atoms with E-state index in [0.29, 0.717) is 23.0 Å². The maximum atomic E-state index is 12.4. The van der Waals surface area contributed by atoms with Gasteiger partial charge in [0.25, 0.3) is 0 Å². The van der Waals surface area contributed by atoms with E-state index < -0.39 is 0 Å². The first-order valence-corrected chi connectivity index (χ1v) is 10.8. The molecule has 0 radical (unpaired) electrons. The van der Waals surface area contributed by atoms with Gasteiger partial charge in [0.2, 0.25) is 5.91 Å². The zero-order chi connectivity index (χ0) is 21.3. The van der Waals surface area contributed by atoms with Gasteiger partial charge in [-0.2, -0.15) is 5.10 Å². The Morgan fingerprint density at radius 2 is 1.97 bits per heavy atom. The monoisotopic (exact) mass is 420 g/mol. The summed E-state index contributed by atoms with van der Waals surface area (Å²) in [6.07, 6.45) is 5.47. The summed E-state index contributed by atoms with van der Waals surface area (Å²) in [5, 5.41) is 7.89. The average Bonchev–Trinajstić information content (AvgIpc) is 3.23. The second-order valence-electron chi connectivity index (χ2n) is 7.62. The van der Waals surface area contributed by atoms with Crippen LogP contribution in [0.5, 0.6) is 0 Å². The van der Waals surface area contributed by atoms with Gasteiger partial charge in [-0.15, -0.1) is 0 Å². The molecule has 0 spiro atoms. The van der Waals surface area contributed by atoms with Gasteiger partial charge in [-0.3, -0.25) is 19.6 Å². The predicted octanol–water partition coefficient (Wildman–Crippen LogP) is 4.48. The smallest absolute Gasteiger partial charge is 0.250 e. The minimum atomic E-state index is -0.265. The van der Waals surface area contributed by atoms with Gasteiger partial charge in [0, 0.05) is 23.8 Å². The molecule has 1 aliphatic carbocycles. The van der Waals surface area contributed by atoms with Crippen LogP contribution in [0, 0.1) is 20.8 Å². The topological polar surface area (TPSA) is 76.9 Å². The van der Waals surface area contributed by atoms with Gasteiger partial charge in [-0.1, -0.05) is 41.2 Å². The number of nitrogens with one attached hydrogen (secondary N) is 1. The molecular formula is C23H24N4O2S. The first-order chi connectivity index (χ1) is 14.4. The summed E-state index contributed by atoms with van der Waals surface area (Å²) in [6, 6.07) is 8.40. The van der Waals surface area contributed by atoms with Gasteiger partial charge < -0.3 is 0 Å². The number of thiazole rings is 1. The quantitative estimate of drug-likeness (QED) is 0.617. The zero-order valence-corrected chi connectivity index (χ0v) is 18.2. The van der Waals surface area contributed by atoms with E-state index in [4.69, 9.17) is 0 Å². The van der Waals surface area contributed by atoms with Crippen LogP contribution in [0.4, 0.5) is 5.13 Å². The van der Waals surface area contributed by atoms with Crippen LogP contribution in [0.1, 0.15) is 56.3 Å². The second-order valence-corrected chi connectivity index (χ2v) is 8.62. The highest BCUT2D eigenvalue weighted by Gasteiger charge is 2.22. The maximum Gasteiger partial charge on any atom is 0.250 e. The number of anilines is 1. The van der Waals surface area contributed by atoms with E-state index in [9.17, 15) is 9.59 Å². The van der Waals surface area contributed by atoms with Crippen LogP contribution in [-0.2, 0) is 17.8 Å². The highest BCUT2D eigenvalue weighted by molar-refractivity contribution is 7.17. The Hall–Kier alpha value is -3.06. The van der Waals surface area contributed by atoms with E-state index in [-0.39, 0.29) is 11.7 Å². The van der Waals surface area contributed by atoms with Gasteiger partial charge in [0.1, 0.15) is 0 Å². The predicted molar refractivity (Wildman–Crippen MR) is 119 cm³/mol. The van der Waals surface area contributed by atoms with Crippen molar-refractivity contribution in [2.75, 3.05) is 5.32 Å². The summed E-state index contributed by atoms with van der Waals surface area (Å²) in [5.74, 6) is -0.143. The second kappa shape index (κ2) is 8.36. The molecule has 0 atom stereocenters. The van der Waals surface area contributed by atoms with Crippen LogP contribution < -0.4 is 5.32 Å². The third kappa shape index (κ3) is 4.26. The maximum absolute atomic E-state index is 12.4. The summed E-state index contributed by atoms with van der Waals surface area (Å²) in [6.45, 7) is 6.70. The molecule has 0 unspecified atom stereocenters. The molecular weight excluding hydrogens is 396 g/mol. The number of ketones is 1. The molecule has 154 valence electrons. The SMILES string of the molecule is Cc1ccc(Cn2nc(C)c(/C=C/C(=O)Nc3nc4c(s3)C(=O)CCC4)c2C)cc1. The van der Waals surface area contributed by atoms with Crippen LogP contribution in [-0.4, -0.2) is 26.5 Å². The van der Waals surface area contributed by atoms with Gasteiger partial charge >= 0.3 is 0 Å². The molecule has 0 aliphatic heterocycles. The summed E-state index contributed by atoms with van der Waals surface area (Å²) < 4.78 is 1.96. The number of carbonyl (C=O) groups excluding carboxylic acids is 2. The highest BCUT2D eigenvalue weighted by atomic mass is 32.1. The number of aromatic nitrogens is 3. The first-order valence-electron chi connectivity index (χ1n) is 10.0. The molecule has 1 aliphatic rings.